The molecule has 0 bridgehead atoms. The first-order valence-corrected chi connectivity index (χ1v) is 6.78. The van der Waals surface area contributed by atoms with Gasteiger partial charge in [-0.2, -0.15) is 0 Å². The van der Waals surface area contributed by atoms with Gasteiger partial charge in [0.05, 0.1) is 0 Å². The van der Waals surface area contributed by atoms with E-state index >= 15 is 0 Å². The molecular formula is C15H20FNO2. The number of rotatable bonds is 3. The molecule has 0 aromatic heterocycles. The van der Waals surface area contributed by atoms with Gasteiger partial charge in [0.1, 0.15) is 5.82 Å². The monoisotopic (exact) mass is 265 g/mol. The van der Waals surface area contributed by atoms with Crippen LogP contribution in [0.5, 0.6) is 0 Å². The van der Waals surface area contributed by atoms with Crippen LogP contribution in [0.25, 0.3) is 0 Å². The van der Waals surface area contributed by atoms with Crippen molar-refractivity contribution < 1.29 is 14.3 Å². The molecule has 1 unspecified atom stereocenters. The molecule has 104 valence electrons. The summed E-state index contributed by atoms with van der Waals surface area (Å²) in [6.45, 7) is 3.36. The predicted molar refractivity (Wildman–Crippen MR) is 71.5 cm³/mol. The SMILES string of the molecule is Cc1ccc(F)cc1C(=O)N1CCCC(CCO)C1. The van der Waals surface area contributed by atoms with Crippen LogP contribution in [-0.4, -0.2) is 35.6 Å². The Kier molecular flexibility index (Phi) is 4.53. The minimum absolute atomic E-state index is 0.0976. The fourth-order valence-corrected chi connectivity index (χ4v) is 2.66. The maximum absolute atomic E-state index is 13.3. The molecule has 3 nitrogen and oxygen atoms in total. The molecule has 1 amide bonds. The second-order valence-corrected chi connectivity index (χ2v) is 5.23. The van der Waals surface area contributed by atoms with Crippen molar-refractivity contribution >= 4 is 5.91 Å². The number of nitrogens with zero attached hydrogens (tertiary/aromatic N) is 1. The number of likely N-dealkylation sites (tertiary alicyclic amines) is 1. The number of piperidine rings is 1. The molecule has 0 spiro atoms. The lowest BCUT2D eigenvalue weighted by molar-refractivity contribution is 0.0652. The number of amides is 1. The van der Waals surface area contributed by atoms with Gasteiger partial charge in [0.2, 0.25) is 0 Å². The maximum Gasteiger partial charge on any atom is 0.254 e. The third kappa shape index (κ3) is 3.32. The van der Waals surface area contributed by atoms with Gasteiger partial charge in [-0.3, -0.25) is 4.79 Å². The number of aryl methyl sites for hydroxylation is 1. The largest absolute Gasteiger partial charge is 0.396 e. The van der Waals surface area contributed by atoms with Crippen LogP contribution in [0.2, 0.25) is 0 Å². The Hall–Kier alpha value is -1.42. The molecule has 0 radical (unpaired) electrons. The highest BCUT2D eigenvalue weighted by Crippen LogP contribution is 2.22. The van der Waals surface area contributed by atoms with Crippen molar-refractivity contribution in [2.45, 2.75) is 26.2 Å². The van der Waals surface area contributed by atoms with E-state index in [1.54, 1.807) is 11.0 Å². The molecule has 1 heterocycles. The minimum atomic E-state index is -0.377. The van der Waals surface area contributed by atoms with Crippen molar-refractivity contribution in [3.05, 3.63) is 35.1 Å². The van der Waals surface area contributed by atoms with E-state index in [0.717, 1.165) is 31.4 Å². The van der Waals surface area contributed by atoms with Crippen molar-refractivity contribution in [3.63, 3.8) is 0 Å². The van der Waals surface area contributed by atoms with Crippen molar-refractivity contribution in [1.29, 1.82) is 0 Å². The Labute approximate surface area is 113 Å². The van der Waals surface area contributed by atoms with Gasteiger partial charge in [-0.15, -0.1) is 0 Å². The third-order valence-corrected chi connectivity index (χ3v) is 3.77. The molecule has 19 heavy (non-hydrogen) atoms. The summed E-state index contributed by atoms with van der Waals surface area (Å²) in [4.78, 5) is 14.2. The smallest absolute Gasteiger partial charge is 0.254 e. The maximum atomic E-state index is 13.3. The summed E-state index contributed by atoms with van der Waals surface area (Å²) in [6.07, 6.45) is 2.73. The van der Waals surface area contributed by atoms with Crippen molar-refractivity contribution in [2.24, 2.45) is 5.92 Å². The Morgan fingerprint density at radius 2 is 2.32 bits per heavy atom. The minimum Gasteiger partial charge on any atom is -0.396 e. The molecule has 1 aliphatic rings. The zero-order valence-electron chi connectivity index (χ0n) is 11.2. The van der Waals surface area contributed by atoms with Gasteiger partial charge in [-0.05, 0) is 49.8 Å². The van der Waals surface area contributed by atoms with Gasteiger partial charge in [0.25, 0.3) is 5.91 Å². The van der Waals surface area contributed by atoms with Gasteiger partial charge in [0.15, 0.2) is 0 Å². The van der Waals surface area contributed by atoms with Gasteiger partial charge >= 0.3 is 0 Å². The van der Waals surface area contributed by atoms with E-state index in [1.807, 2.05) is 6.92 Å². The number of hydrogen-bond acceptors (Lipinski definition) is 2. The molecule has 1 fully saturated rings. The third-order valence-electron chi connectivity index (χ3n) is 3.77. The number of carbonyl (C=O) groups excluding carboxylic acids is 1. The first kappa shape index (κ1) is 14.0. The fraction of sp³-hybridized carbons (Fsp3) is 0.533. The Bertz CT molecular complexity index is 459. The summed E-state index contributed by atoms with van der Waals surface area (Å²) in [5, 5.41) is 8.99. The van der Waals surface area contributed by atoms with Crippen LogP contribution in [0.3, 0.4) is 0 Å². The van der Waals surface area contributed by atoms with Crippen LogP contribution in [-0.2, 0) is 0 Å². The van der Waals surface area contributed by atoms with Crippen LogP contribution in [0, 0.1) is 18.7 Å². The number of aliphatic hydroxyl groups excluding tert-OH is 1. The quantitative estimate of drug-likeness (QED) is 0.911. The number of hydrogen-bond donors (Lipinski definition) is 1. The van der Waals surface area contributed by atoms with Crippen LogP contribution in [0.4, 0.5) is 4.39 Å². The van der Waals surface area contributed by atoms with E-state index in [4.69, 9.17) is 5.11 Å². The molecule has 1 N–H and O–H groups in total. The average molecular weight is 265 g/mol. The molecule has 1 aromatic rings. The summed E-state index contributed by atoms with van der Waals surface area (Å²) < 4.78 is 13.3. The first-order valence-electron chi connectivity index (χ1n) is 6.78. The lowest BCUT2D eigenvalue weighted by atomic mass is 9.94. The van der Waals surface area contributed by atoms with Crippen LogP contribution in [0.15, 0.2) is 18.2 Å². The molecule has 4 heteroatoms. The summed E-state index contributed by atoms with van der Waals surface area (Å²) in [5.74, 6) is -0.117. The second kappa shape index (κ2) is 6.15. The molecule has 1 aromatic carbocycles. The van der Waals surface area contributed by atoms with Gasteiger partial charge in [-0.1, -0.05) is 6.07 Å². The average Bonchev–Trinajstić information content (AvgIpc) is 2.41. The van der Waals surface area contributed by atoms with E-state index in [2.05, 4.69) is 0 Å². The summed E-state index contributed by atoms with van der Waals surface area (Å²) in [7, 11) is 0. The predicted octanol–water partition coefficient (Wildman–Crippen LogP) is 2.37. The highest BCUT2D eigenvalue weighted by molar-refractivity contribution is 5.95. The van der Waals surface area contributed by atoms with Gasteiger partial charge < -0.3 is 10.0 Å². The van der Waals surface area contributed by atoms with Crippen molar-refractivity contribution in [1.82, 2.24) is 4.90 Å². The van der Waals surface area contributed by atoms with E-state index in [0.29, 0.717) is 18.0 Å². The molecule has 2 rings (SSSR count). The van der Waals surface area contributed by atoms with Crippen molar-refractivity contribution in [2.75, 3.05) is 19.7 Å². The Morgan fingerprint density at radius 1 is 1.53 bits per heavy atom. The molecule has 1 saturated heterocycles. The number of carbonyl (C=O) groups is 1. The standard InChI is InChI=1S/C15H20FNO2/c1-11-4-5-13(16)9-14(11)15(19)17-7-2-3-12(10-17)6-8-18/h4-5,9,12,18H,2-3,6-8,10H2,1H3. The molecule has 0 aliphatic carbocycles. The molecule has 1 atom stereocenters. The molecule has 0 saturated carbocycles. The van der Waals surface area contributed by atoms with E-state index < -0.39 is 0 Å². The van der Waals surface area contributed by atoms with Gasteiger partial charge in [0, 0.05) is 25.3 Å². The van der Waals surface area contributed by atoms with E-state index in [1.165, 1.54) is 12.1 Å². The zero-order valence-corrected chi connectivity index (χ0v) is 11.2. The van der Waals surface area contributed by atoms with E-state index in [9.17, 15) is 9.18 Å². The highest BCUT2D eigenvalue weighted by atomic mass is 19.1. The van der Waals surface area contributed by atoms with Gasteiger partial charge in [-0.25, -0.2) is 4.39 Å². The lowest BCUT2D eigenvalue weighted by Gasteiger charge is -2.33. The van der Waals surface area contributed by atoms with Crippen LogP contribution in [0.1, 0.15) is 35.2 Å². The highest BCUT2D eigenvalue weighted by Gasteiger charge is 2.25. The summed E-state index contributed by atoms with van der Waals surface area (Å²) in [5.41, 5.74) is 1.25. The molecular weight excluding hydrogens is 245 g/mol. The number of benzene rings is 1. The number of halogens is 1. The summed E-state index contributed by atoms with van der Waals surface area (Å²) in [6, 6.07) is 4.32. The fourth-order valence-electron chi connectivity index (χ4n) is 2.66. The second-order valence-electron chi connectivity index (χ2n) is 5.23. The number of aliphatic hydroxyl groups is 1. The Balaban J connectivity index is 2.12. The van der Waals surface area contributed by atoms with E-state index in [-0.39, 0.29) is 18.3 Å². The normalized spacial score (nSPS) is 19.5. The Morgan fingerprint density at radius 3 is 3.05 bits per heavy atom. The van der Waals surface area contributed by atoms with Crippen LogP contribution >= 0.6 is 0 Å². The summed E-state index contributed by atoms with van der Waals surface area (Å²) >= 11 is 0. The first-order chi connectivity index (χ1) is 9.11. The lowest BCUT2D eigenvalue weighted by Crippen LogP contribution is -2.40. The topological polar surface area (TPSA) is 40.5 Å². The molecule has 1 aliphatic heterocycles. The zero-order chi connectivity index (χ0) is 13.8. The van der Waals surface area contributed by atoms with Crippen LogP contribution < -0.4 is 0 Å². The van der Waals surface area contributed by atoms with Crippen molar-refractivity contribution in [3.8, 4) is 0 Å².